The molecule has 0 N–H and O–H groups in total. The van der Waals surface area contributed by atoms with Gasteiger partial charge < -0.3 is 9.80 Å². The van der Waals surface area contributed by atoms with Crippen molar-refractivity contribution in [3.63, 3.8) is 0 Å². The Morgan fingerprint density at radius 2 is 1.55 bits per heavy atom. The normalized spacial score (nSPS) is 22.1. The van der Waals surface area contributed by atoms with E-state index in [1.807, 2.05) is 0 Å². The molecule has 0 aromatic heterocycles. The molecule has 1 saturated carbocycles. The maximum absolute atomic E-state index is 2.52. The quantitative estimate of drug-likeness (QED) is 0.830. The third kappa shape index (κ3) is 3.54. The van der Waals surface area contributed by atoms with Gasteiger partial charge in [-0.1, -0.05) is 44.2 Å². The predicted molar refractivity (Wildman–Crippen MR) is 86.4 cm³/mol. The zero-order valence-corrected chi connectivity index (χ0v) is 12.9. The largest absolute Gasteiger partial charge is 0.369 e. The highest BCUT2D eigenvalue weighted by Crippen LogP contribution is 2.27. The zero-order chi connectivity index (χ0) is 13.8. The number of hydrogen-bond donors (Lipinski definition) is 0. The van der Waals surface area contributed by atoms with Crippen molar-refractivity contribution in [1.82, 2.24) is 4.90 Å². The summed E-state index contributed by atoms with van der Waals surface area (Å²) in [5, 5.41) is 0. The second-order valence-electron chi connectivity index (χ2n) is 6.66. The third-order valence-corrected chi connectivity index (χ3v) is 5.05. The number of hydrogen-bond acceptors (Lipinski definition) is 2. The van der Waals surface area contributed by atoms with E-state index in [0.29, 0.717) is 0 Å². The topological polar surface area (TPSA) is 6.48 Å². The van der Waals surface area contributed by atoms with Crippen LogP contribution < -0.4 is 4.90 Å². The first kappa shape index (κ1) is 13.9. The Morgan fingerprint density at radius 3 is 2.20 bits per heavy atom. The molecule has 2 nitrogen and oxygen atoms in total. The van der Waals surface area contributed by atoms with E-state index in [4.69, 9.17) is 0 Å². The Labute approximate surface area is 123 Å². The highest BCUT2D eigenvalue weighted by atomic mass is 15.2. The van der Waals surface area contributed by atoms with Gasteiger partial charge in [0.25, 0.3) is 0 Å². The molecular formula is C18H28N2. The highest BCUT2D eigenvalue weighted by Gasteiger charge is 2.16. The number of anilines is 1. The van der Waals surface area contributed by atoms with Crippen LogP contribution in [0, 0.1) is 5.92 Å². The molecule has 110 valence electrons. The summed E-state index contributed by atoms with van der Waals surface area (Å²) in [4.78, 5) is 4.93. The van der Waals surface area contributed by atoms with E-state index in [0.717, 1.165) is 5.92 Å². The van der Waals surface area contributed by atoms with Crippen molar-refractivity contribution in [3.05, 3.63) is 29.8 Å². The number of rotatable bonds is 3. The van der Waals surface area contributed by atoms with Crippen LogP contribution in [0.5, 0.6) is 0 Å². The average molecular weight is 272 g/mol. The second kappa shape index (κ2) is 6.62. The first-order valence-corrected chi connectivity index (χ1v) is 8.34. The zero-order valence-electron chi connectivity index (χ0n) is 12.9. The number of likely N-dealkylation sites (N-methyl/N-ethyl adjacent to an activating group) is 1. The number of nitrogens with zero attached hydrogens (tertiary/aromatic N) is 2. The average Bonchev–Trinajstić information content (AvgIpc) is 2.50. The summed E-state index contributed by atoms with van der Waals surface area (Å²) in [5.41, 5.74) is 2.94. The predicted octanol–water partition coefficient (Wildman–Crippen LogP) is 3.56. The lowest BCUT2D eigenvalue weighted by atomic mass is 9.85. The Balaban J connectivity index is 1.56. The third-order valence-electron chi connectivity index (χ3n) is 5.05. The van der Waals surface area contributed by atoms with E-state index in [2.05, 4.69) is 41.1 Å². The molecule has 1 aromatic carbocycles. The molecule has 1 aliphatic heterocycles. The summed E-state index contributed by atoms with van der Waals surface area (Å²) >= 11 is 0. The van der Waals surface area contributed by atoms with Gasteiger partial charge in [-0.05, 0) is 37.1 Å². The van der Waals surface area contributed by atoms with Crippen LogP contribution in [0.3, 0.4) is 0 Å². The molecule has 1 aromatic rings. The van der Waals surface area contributed by atoms with Crippen molar-refractivity contribution in [2.45, 2.75) is 38.5 Å². The highest BCUT2D eigenvalue weighted by molar-refractivity contribution is 5.48. The van der Waals surface area contributed by atoms with Crippen molar-refractivity contribution in [2.24, 2.45) is 5.92 Å². The van der Waals surface area contributed by atoms with Crippen LogP contribution in [0.15, 0.2) is 24.3 Å². The Hall–Kier alpha value is -1.02. The maximum Gasteiger partial charge on any atom is 0.0367 e. The molecule has 0 amide bonds. The van der Waals surface area contributed by atoms with Crippen molar-refractivity contribution in [2.75, 3.05) is 38.1 Å². The van der Waals surface area contributed by atoms with Crippen LogP contribution in [0.1, 0.15) is 37.7 Å². The lowest BCUT2D eigenvalue weighted by molar-refractivity contribution is 0.313. The summed E-state index contributed by atoms with van der Waals surface area (Å²) in [6.45, 7) is 4.70. The van der Waals surface area contributed by atoms with Gasteiger partial charge in [0.05, 0.1) is 0 Å². The van der Waals surface area contributed by atoms with Gasteiger partial charge in [-0.2, -0.15) is 0 Å². The van der Waals surface area contributed by atoms with Gasteiger partial charge in [0.1, 0.15) is 0 Å². The van der Waals surface area contributed by atoms with E-state index in [9.17, 15) is 0 Å². The minimum Gasteiger partial charge on any atom is -0.369 e. The molecule has 2 fully saturated rings. The second-order valence-corrected chi connectivity index (χ2v) is 6.66. The van der Waals surface area contributed by atoms with Gasteiger partial charge in [0.15, 0.2) is 0 Å². The van der Waals surface area contributed by atoms with E-state index < -0.39 is 0 Å². The van der Waals surface area contributed by atoms with E-state index >= 15 is 0 Å². The van der Waals surface area contributed by atoms with Crippen molar-refractivity contribution >= 4 is 5.69 Å². The smallest absolute Gasteiger partial charge is 0.0367 e. The lowest BCUT2D eigenvalue weighted by Crippen LogP contribution is -2.44. The molecule has 0 radical (unpaired) electrons. The molecule has 2 heteroatoms. The molecular weight excluding hydrogens is 244 g/mol. The molecule has 1 aliphatic carbocycles. The molecule has 0 atom stereocenters. The monoisotopic (exact) mass is 272 g/mol. The van der Waals surface area contributed by atoms with E-state index in [1.165, 1.54) is 76.0 Å². The van der Waals surface area contributed by atoms with Crippen LogP contribution in [-0.4, -0.2) is 38.1 Å². The Kier molecular flexibility index (Phi) is 4.62. The van der Waals surface area contributed by atoms with E-state index in [1.54, 1.807) is 0 Å². The minimum atomic E-state index is 0.943. The molecule has 0 bridgehead atoms. The van der Waals surface area contributed by atoms with Crippen LogP contribution in [0.4, 0.5) is 5.69 Å². The molecule has 0 spiro atoms. The fourth-order valence-electron chi connectivity index (χ4n) is 3.63. The molecule has 20 heavy (non-hydrogen) atoms. The Bertz CT molecular complexity index is 398. The summed E-state index contributed by atoms with van der Waals surface area (Å²) < 4.78 is 0. The SMILES string of the molecule is CN1CCN(c2ccc(CC3CCCCC3)cc2)CC1. The molecule has 1 heterocycles. The van der Waals surface area contributed by atoms with Gasteiger partial charge in [0.2, 0.25) is 0 Å². The molecule has 2 aliphatic rings. The first-order valence-electron chi connectivity index (χ1n) is 8.34. The molecule has 1 saturated heterocycles. The van der Waals surface area contributed by atoms with Gasteiger partial charge in [0, 0.05) is 31.9 Å². The van der Waals surface area contributed by atoms with Crippen LogP contribution in [0.2, 0.25) is 0 Å². The minimum absolute atomic E-state index is 0.943. The summed E-state index contributed by atoms with van der Waals surface area (Å²) in [7, 11) is 2.21. The summed E-state index contributed by atoms with van der Waals surface area (Å²) in [6, 6.07) is 9.40. The van der Waals surface area contributed by atoms with Crippen molar-refractivity contribution in [3.8, 4) is 0 Å². The fourth-order valence-corrected chi connectivity index (χ4v) is 3.63. The molecule has 3 rings (SSSR count). The lowest BCUT2D eigenvalue weighted by Gasteiger charge is -2.34. The van der Waals surface area contributed by atoms with Gasteiger partial charge in [-0.15, -0.1) is 0 Å². The van der Waals surface area contributed by atoms with Gasteiger partial charge >= 0.3 is 0 Å². The Morgan fingerprint density at radius 1 is 0.900 bits per heavy atom. The van der Waals surface area contributed by atoms with Crippen LogP contribution in [0.25, 0.3) is 0 Å². The molecule has 0 unspecified atom stereocenters. The van der Waals surface area contributed by atoms with E-state index in [-0.39, 0.29) is 0 Å². The van der Waals surface area contributed by atoms with Gasteiger partial charge in [-0.25, -0.2) is 0 Å². The number of benzene rings is 1. The standard InChI is InChI=1S/C18H28N2/c1-19-11-13-20(14-12-19)18-9-7-17(8-10-18)15-16-5-3-2-4-6-16/h7-10,16H,2-6,11-15H2,1H3. The summed E-state index contributed by atoms with van der Waals surface area (Å²) in [5.74, 6) is 0.943. The first-order chi connectivity index (χ1) is 9.81. The van der Waals surface area contributed by atoms with Crippen molar-refractivity contribution < 1.29 is 0 Å². The van der Waals surface area contributed by atoms with Crippen LogP contribution >= 0.6 is 0 Å². The maximum atomic E-state index is 2.52. The van der Waals surface area contributed by atoms with Gasteiger partial charge in [-0.3, -0.25) is 0 Å². The van der Waals surface area contributed by atoms with Crippen LogP contribution in [-0.2, 0) is 6.42 Å². The summed E-state index contributed by atoms with van der Waals surface area (Å²) in [6.07, 6.45) is 8.54. The van der Waals surface area contributed by atoms with Crippen molar-refractivity contribution in [1.29, 1.82) is 0 Å². The fraction of sp³-hybridized carbons (Fsp3) is 0.667. The number of piperazine rings is 1.